The number of nitrogens with zero attached hydrogens (tertiary/aromatic N) is 6. The highest BCUT2D eigenvalue weighted by Crippen LogP contribution is 2.40. The lowest BCUT2D eigenvalue weighted by atomic mass is 9.77. The molecule has 4 fully saturated rings. The fourth-order valence-corrected chi connectivity index (χ4v) is 11.8. The molecule has 5 heterocycles. The fourth-order valence-electron chi connectivity index (χ4n) is 11.8. The van der Waals surface area contributed by atoms with E-state index in [0.29, 0.717) is 37.2 Å². The van der Waals surface area contributed by atoms with E-state index in [-0.39, 0.29) is 56.4 Å². The van der Waals surface area contributed by atoms with Crippen molar-refractivity contribution in [3.05, 3.63) is 41.5 Å². The summed E-state index contributed by atoms with van der Waals surface area (Å²) in [6.45, 7) is 19.9. The van der Waals surface area contributed by atoms with Crippen LogP contribution in [0.1, 0.15) is 113 Å². The average Bonchev–Trinajstić information content (AvgIpc) is 3.98. The highest BCUT2D eigenvalue weighted by atomic mass is 19.1. The zero-order valence-electron chi connectivity index (χ0n) is 47.5. The van der Waals surface area contributed by atoms with Crippen LogP contribution in [0.3, 0.4) is 0 Å². The topological polar surface area (TPSA) is 269 Å². The van der Waals surface area contributed by atoms with E-state index in [1.807, 2.05) is 37.7 Å². The highest BCUT2D eigenvalue weighted by molar-refractivity contribution is 5.90. The number of halogens is 1. The Morgan fingerprint density at radius 1 is 0.987 bits per heavy atom. The van der Waals surface area contributed by atoms with Crippen LogP contribution in [0.25, 0.3) is 0 Å². The maximum atomic E-state index is 15.4. The van der Waals surface area contributed by atoms with Gasteiger partial charge in [-0.1, -0.05) is 32.1 Å². The molecular weight excluding hydrogens is 1010 g/mol. The number of carbonyl (C=O) groups excluding carboxylic acids is 3. The van der Waals surface area contributed by atoms with Gasteiger partial charge in [0.2, 0.25) is 5.91 Å². The van der Waals surface area contributed by atoms with E-state index in [9.17, 15) is 39.9 Å². The second kappa shape index (κ2) is 25.6. The third-order valence-electron chi connectivity index (χ3n) is 16.5. The van der Waals surface area contributed by atoms with Crippen molar-refractivity contribution in [1.29, 1.82) is 0 Å². The number of hydrogen-bond acceptors (Lipinski definition) is 19. The lowest BCUT2D eigenvalue weighted by Crippen LogP contribution is -2.61. The van der Waals surface area contributed by atoms with Crippen molar-refractivity contribution >= 4 is 23.7 Å². The summed E-state index contributed by atoms with van der Waals surface area (Å²) >= 11 is 0. The number of aromatic nitrogens is 3. The van der Waals surface area contributed by atoms with Crippen LogP contribution in [0, 0.1) is 23.6 Å². The minimum Gasteiger partial charge on any atom is -0.459 e. The molecule has 2 amide bonds. The Kier molecular flexibility index (Phi) is 20.7. The van der Waals surface area contributed by atoms with Crippen LogP contribution in [-0.4, -0.2) is 212 Å². The van der Waals surface area contributed by atoms with Crippen molar-refractivity contribution in [2.24, 2.45) is 17.8 Å². The number of benzene rings is 1. The van der Waals surface area contributed by atoms with Crippen molar-refractivity contribution in [3.8, 4) is 0 Å². The predicted octanol–water partition coefficient (Wildman–Crippen LogP) is 2.75. The molecule has 0 radical (unpaired) electrons. The number of anilines is 1. The summed E-state index contributed by atoms with van der Waals surface area (Å²) in [4.78, 5) is 43.5. The van der Waals surface area contributed by atoms with Crippen LogP contribution in [0.15, 0.2) is 24.4 Å². The SMILES string of the molecule is CC[C@H]1OC(=O)[C@H](C)[C@@H](O[C@H]2C[C@@](C)(OC)[C@@H](O)[C@H](C)O2)[C@H](C)[C@@H](O[C@@H]2O[C@H](C)C[C@H](N(C)CCc3cn(Cc4ccc(N5C[C@H](CNC(C)=O)OC5=O)c(F)c4)nn3)[C@H]2O)[C@](C)(O)C[C@@H](C)CN(C)[C@H](C)[C@@H](O)[C@]1(C)O. The number of hydrogen-bond donors (Lipinski definition) is 6. The van der Waals surface area contributed by atoms with Crippen LogP contribution in [-0.2, 0) is 55.7 Å². The van der Waals surface area contributed by atoms with E-state index in [0.717, 1.165) is 0 Å². The second-order valence-electron chi connectivity index (χ2n) is 23.2. The largest absolute Gasteiger partial charge is 0.459 e. The molecule has 0 unspecified atom stereocenters. The van der Waals surface area contributed by atoms with Gasteiger partial charge in [-0.2, -0.15) is 0 Å². The maximum absolute atomic E-state index is 15.4. The van der Waals surface area contributed by atoms with Gasteiger partial charge < -0.3 is 73.8 Å². The van der Waals surface area contributed by atoms with E-state index in [2.05, 4.69) is 15.6 Å². The molecule has 77 heavy (non-hydrogen) atoms. The molecule has 4 saturated heterocycles. The lowest BCUT2D eigenvalue weighted by Gasteiger charge is -2.49. The van der Waals surface area contributed by atoms with Gasteiger partial charge in [-0.3, -0.25) is 14.5 Å². The smallest absolute Gasteiger partial charge is 0.414 e. The summed E-state index contributed by atoms with van der Waals surface area (Å²) in [5.74, 6) is -3.80. The third kappa shape index (κ3) is 14.7. The van der Waals surface area contributed by atoms with Crippen LogP contribution in [0.5, 0.6) is 0 Å². The molecule has 23 heteroatoms. The molecule has 6 rings (SSSR count). The standard InChI is InChI=1S/C54H88FN7O15/c1-15-42-54(11,70)46(65)33(6)60(13)25-29(2)22-52(9,69)48(31(4)45(32(5)49(67)75-42)76-43-23-53(10,71-14)47(66)34(7)73-43)77-50-44(64)41(20-30(3)72-50)59(12)19-18-37-27-61(58-57-37)26-36-16-17-40(39(55)21-36)62-28-38(74-51(62)68)24-56-35(8)63/h16-17,21,27,29-34,38,41-48,50,64-66,69-70H,15,18-20,22-26,28H2,1-14H3,(H,56,63)/t29-,30-,31+,32-,33-,34+,38+,41+,42-,43+,44-,45+,46-,47+,48-,50+,52-,53-,54-/m1/s1. The molecule has 4 aliphatic rings. The Balaban J connectivity index is 1.21. The van der Waals surface area contributed by atoms with Crippen molar-refractivity contribution in [1.82, 2.24) is 30.1 Å². The molecule has 4 aliphatic heterocycles. The van der Waals surface area contributed by atoms with Gasteiger partial charge in [0.1, 0.15) is 41.9 Å². The van der Waals surface area contributed by atoms with Crippen LogP contribution >= 0.6 is 0 Å². The number of aliphatic hydroxyl groups excluding tert-OH is 3. The average molecular weight is 1090 g/mol. The highest BCUT2D eigenvalue weighted by Gasteiger charge is 2.53. The molecule has 1 aromatic heterocycles. The number of cyclic esters (lactones) is 2. The number of aliphatic hydroxyl groups is 5. The first-order valence-electron chi connectivity index (χ1n) is 27.2. The van der Waals surface area contributed by atoms with Gasteiger partial charge in [-0.15, -0.1) is 5.10 Å². The number of carbonyl (C=O) groups is 3. The van der Waals surface area contributed by atoms with Crippen LogP contribution in [0.2, 0.25) is 0 Å². The molecule has 0 aliphatic carbocycles. The number of likely N-dealkylation sites (N-methyl/N-ethyl adjacent to an activating group) is 2. The normalized spacial score (nSPS) is 39.2. The molecule has 0 spiro atoms. The Labute approximate surface area is 452 Å². The first kappa shape index (κ1) is 62.2. The number of amides is 2. The zero-order chi connectivity index (χ0) is 57.1. The van der Waals surface area contributed by atoms with Crippen molar-refractivity contribution in [2.45, 2.75) is 211 Å². The minimum absolute atomic E-state index is 0.0592. The summed E-state index contributed by atoms with van der Waals surface area (Å²) < 4.78 is 60.6. The molecule has 0 bridgehead atoms. The Hall–Kier alpha value is -3.98. The van der Waals surface area contributed by atoms with Crippen LogP contribution in [0.4, 0.5) is 14.9 Å². The fraction of sp³-hybridized carbons (Fsp3) is 0.796. The second-order valence-corrected chi connectivity index (χ2v) is 23.2. The lowest BCUT2D eigenvalue weighted by molar-refractivity contribution is -0.318. The maximum Gasteiger partial charge on any atom is 0.414 e. The summed E-state index contributed by atoms with van der Waals surface area (Å²) in [6, 6.07) is 3.43. The van der Waals surface area contributed by atoms with E-state index < -0.39 is 126 Å². The monoisotopic (exact) mass is 1090 g/mol. The van der Waals surface area contributed by atoms with Gasteiger partial charge in [0, 0.05) is 64.2 Å². The molecule has 22 nitrogen and oxygen atoms in total. The number of rotatable bonds is 15. The summed E-state index contributed by atoms with van der Waals surface area (Å²) in [6.07, 6.45) is -8.69. The van der Waals surface area contributed by atoms with Crippen LogP contribution < -0.4 is 10.2 Å². The number of ether oxygens (including phenoxy) is 7. The van der Waals surface area contributed by atoms with Crippen molar-refractivity contribution in [2.75, 3.05) is 52.3 Å². The van der Waals surface area contributed by atoms with Gasteiger partial charge in [-0.25, -0.2) is 13.9 Å². The quantitative estimate of drug-likeness (QED) is 0.140. The minimum atomic E-state index is -1.86. The van der Waals surface area contributed by atoms with E-state index in [1.54, 1.807) is 65.4 Å². The van der Waals surface area contributed by atoms with Crippen molar-refractivity contribution < 1.29 is 77.5 Å². The molecule has 19 atom stereocenters. The third-order valence-corrected chi connectivity index (χ3v) is 16.5. The van der Waals surface area contributed by atoms with Gasteiger partial charge in [0.25, 0.3) is 0 Å². The molecule has 2 aromatic rings. The molecule has 1 aromatic carbocycles. The Morgan fingerprint density at radius 3 is 2.34 bits per heavy atom. The van der Waals surface area contributed by atoms with Crippen molar-refractivity contribution in [3.63, 3.8) is 0 Å². The molecular formula is C54H88FN7O15. The van der Waals surface area contributed by atoms with E-state index in [4.69, 9.17) is 33.2 Å². The molecule has 0 saturated carbocycles. The van der Waals surface area contributed by atoms with Gasteiger partial charge in [0.05, 0.1) is 72.6 Å². The zero-order valence-corrected chi connectivity index (χ0v) is 47.5. The predicted molar refractivity (Wildman–Crippen MR) is 279 cm³/mol. The van der Waals surface area contributed by atoms with Gasteiger partial charge in [0.15, 0.2) is 12.6 Å². The first-order valence-corrected chi connectivity index (χ1v) is 27.2. The van der Waals surface area contributed by atoms with Gasteiger partial charge in [-0.05, 0) is 105 Å². The number of methoxy groups -OCH3 is 1. The first-order chi connectivity index (χ1) is 36.0. The molecule has 436 valence electrons. The Morgan fingerprint density at radius 2 is 1.69 bits per heavy atom. The van der Waals surface area contributed by atoms with E-state index in [1.165, 1.54) is 38.0 Å². The summed E-state index contributed by atoms with van der Waals surface area (Å²) in [5, 5.41) is 71.0. The van der Waals surface area contributed by atoms with Gasteiger partial charge >= 0.3 is 12.1 Å². The Bertz CT molecular complexity index is 2300. The number of nitrogens with one attached hydrogen (secondary N) is 1. The molecule has 6 N–H and O–H groups in total. The number of esters is 1. The summed E-state index contributed by atoms with van der Waals surface area (Å²) in [5.41, 5.74) is -3.33. The summed E-state index contributed by atoms with van der Waals surface area (Å²) in [7, 11) is 5.19. The van der Waals surface area contributed by atoms with E-state index >= 15 is 4.39 Å².